The molecule has 0 aromatic heterocycles. The summed E-state index contributed by atoms with van der Waals surface area (Å²) in [5.41, 5.74) is 0.0921. The van der Waals surface area contributed by atoms with Gasteiger partial charge >= 0.3 is 5.97 Å². The summed E-state index contributed by atoms with van der Waals surface area (Å²) in [6.45, 7) is 2.26. The van der Waals surface area contributed by atoms with Crippen LogP contribution in [0.2, 0.25) is 0 Å². The van der Waals surface area contributed by atoms with Crippen LogP contribution in [0.3, 0.4) is 0 Å². The number of ether oxygens (including phenoxy) is 2. The van der Waals surface area contributed by atoms with E-state index in [1.165, 1.54) is 44.9 Å². The summed E-state index contributed by atoms with van der Waals surface area (Å²) < 4.78 is 11.1. The molecule has 1 heterocycles. The van der Waals surface area contributed by atoms with Crippen molar-refractivity contribution < 1.29 is 14.3 Å². The van der Waals surface area contributed by atoms with Crippen LogP contribution in [0.5, 0.6) is 0 Å². The summed E-state index contributed by atoms with van der Waals surface area (Å²) in [4.78, 5) is 11.5. The Balaban J connectivity index is 1.74. The van der Waals surface area contributed by atoms with Gasteiger partial charge in [-0.25, -0.2) is 4.79 Å². The summed E-state index contributed by atoms with van der Waals surface area (Å²) >= 11 is 0. The van der Waals surface area contributed by atoms with Crippen molar-refractivity contribution in [3.05, 3.63) is 11.8 Å². The number of carbonyl (C=O) groups excluding carboxylic acids is 1. The van der Waals surface area contributed by atoms with Gasteiger partial charge < -0.3 is 9.47 Å². The molecule has 1 aliphatic heterocycles. The third-order valence-electron chi connectivity index (χ3n) is 4.89. The Morgan fingerprint density at radius 1 is 1.39 bits per heavy atom. The van der Waals surface area contributed by atoms with Crippen molar-refractivity contribution in [3.63, 3.8) is 0 Å². The maximum absolute atomic E-state index is 11.5. The lowest BCUT2D eigenvalue weighted by molar-refractivity contribution is -0.214. The van der Waals surface area contributed by atoms with E-state index in [1.54, 1.807) is 6.08 Å². The lowest BCUT2D eigenvalue weighted by Crippen LogP contribution is -2.60. The van der Waals surface area contributed by atoms with Crippen LogP contribution in [0, 0.1) is 11.8 Å². The van der Waals surface area contributed by atoms with Crippen LogP contribution >= 0.6 is 0 Å². The maximum atomic E-state index is 11.5. The van der Waals surface area contributed by atoms with Crippen LogP contribution in [-0.2, 0) is 14.3 Å². The van der Waals surface area contributed by atoms with E-state index < -0.39 is 0 Å². The first kappa shape index (κ1) is 12.1. The second-order valence-corrected chi connectivity index (χ2v) is 5.78. The average Bonchev–Trinajstić information content (AvgIpc) is 2.36. The largest absolute Gasteiger partial charge is 0.490 e. The highest BCUT2D eigenvalue weighted by atomic mass is 16.5. The van der Waals surface area contributed by atoms with E-state index in [-0.39, 0.29) is 11.6 Å². The molecule has 18 heavy (non-hydrogen) atoms. The Hall–Kier alpha value is -0.990. The summed E-state index contributed by atoms with van der Waals surface area (Å²) in [5, 5.41) is 0. The number of hydrogen-bond donors (Lipinski definition) is 0. The zero-order chi connectivity index (χ0) is 12.6. The molecule has 2 aliphatic carbocycles. The van der Waals surface area contributed by atoms with Crippen molar-refractivity contribution in [1.29, 1.82) is 0 Å². The van der Waals surface area contributed by atoms with E-state index >= 15 is 0 Å². The summed E-state index contributed by atoms with van der Waals surface area (Å²) in [6.07, 6.45) is 10.5. The van der Waals surface area contributed by atoms with E-state index in [4.69, 9.17) is 9.47 Å². The van der Waals surface area contributed by atoms with Gasteiger partial charge in [0.25, 0.3) is 0 Å². The Morgan fingerprint density at radius 2 is 2.22 bits per heavy atom. The van der Waals surface area contributed by atoms with Gasteiger partial charge in [-0.2, -0.15) is 0 Å². The third kappa shape index (κ3) is 1.75. The molecule has 2 saturated carbocycles. The Bertz CT molecular complexity index is 372. The highest BCUT2D eigenvalue weighted by Crippen LogP contribution is 2.59. The average molecular weight is 250 g/mol. The van der Waals surface area contributed by atoms with Crippen molar-refractivity contribution in [2.75, 3.05) is 6.61 Å². The molecule has 3 rings (SSSR count). The monoisotopic (exact) mass is 250 g/mol. The van der Waals surface area contributed by atoms with Gasteiger partial charge in [-0.3, -0.25) is 0 Å². The first-order valence-electron chi connectivity index (χ1n) is 7.33. The van der Waals surface area contributed by atoms with Gasteiger partial charge in [-0.15, -0.1) is 0 Å². The van der Waals surface area contributed by atoms with Gasteiger partial charge in [0.15, 0.2) is 0 Å². The number of rotatable bonds is 2. The van der Waals surface area contributed by atoms with Crippen molar-refractivity contribution in [1.82, 2.24) is 0 Å². The van der Waals surface area contributed by atoms with E-state index in [1.807, 2.05) is 6.92 Å². The van der Waals surface area contributed by atoms with Crippen LogP contribution < -0.4 is 0 Å². The summed E-state index contributed by atoms with van der Waals surface area (Å²) in [5.74, 6) is 1.85. The minimum absolute atomic E-state index is 0.0921. The van der Waals surface area contributed by atoms with Crippen LogP contribution in [0.15, 0.2) is 11.8 Å². The summed E-state index contributed by atoms with van der Waals surface area (Å²) in [7, 11) is 0. The second kappa shape index (κ2) is 4.60. The molecular formula is C15H22O3. The summed E-state index contributed by atoms with van der Waals surface area (Å²) in [6, 6.07) is 0. The van der Waals surface area contributed by atoms with Crippen molar-refractivity contribution in [2.24, 2.45) is 11.8 Å². The van der Waals surface area contributed by atoms with Gasteiger partial charge in [-0.05, 0) is 44.9 Å². The minimum atomic E-state index is -0.250. The van der Waals surface area contributed by atoms with Gasteiger partial charge in [0.2, 0.25) is 0 Å². The molecule has 0 N–H and O–H groups in total. The van der Waals surface area contributed by atoms with E-state index in [0.717, 1.165) is 11.7 Å². The fraction of sp³-hybridized carbons (Fsp3) is 0.800. The topological polar surface area (TPSA) is 35.5 Å². The molecule has 3 nitrogen and oxygen atoms in total. The van der Waals surface area contributed by atoms with E-state index in [9.17, 15) is 4.79 Å². The molecule has 0 bridgehead atoms. The molecule has 0 unspecified atom stereocenters. The highest BCUT2D eigenvalue weighted by Gasteiger charge is 2.59. The first-order chi connectivity index (χ1) is 8.76. The molecular weight excluding hydrogens is 228 g/mol. The molecule has 3 aliphatic rings. The normalized spacial score (nSPS) is 40.2. The molecule has 0 aromatic carbocycles. The van der Waals surface area contributed by atoms with Crippen molar-refractivity contribution >= 4 is 5.97 Å². The van der Waals surface area contributed by atoms with Gasteiger partial charge in [0.1, 0.15) is 11.4 Å². The van der Waals surface area contributed by atoms with Gasteiger partial charge in [0, 0.05) is 0 Å². The molecule has 3 atom stereocenters. The fourth-order valence-corrected chi connectivity index (χ4v) is 4.15. The third-order valence-corrected chi connectivity index (χ3v) is 4.89. The molecule has 0 radical (unpaired) electrons. The highest BCUT2D eigenvalue weighted by molar-refractivity contribution is 5.82. The Labute approximate surface area is 109 Å². The van der Waals surface area contributed by atoms with Crippen LogP contribution in [0.4, 0.5) is 0 Å². The molecule has 1 spiro atoms. The van der Waals surface area contributed by atoms with E-state index in [0.29, 0.717) is 12.5 Å². The smallest absolute Gasteiger partial charge is 0.334 e. The molecule has 100 valence electrons. The predicted octanol–water partition coefficient (Wildman–Crippen LogP) is 3.19. The van der Waals surface area contributed by atoms with Crippen LogP contribution in [0.25, 0.3) is 0 Å². The van der Waals surface area contributed by atoms with E-state index in [2.05, 4.69) is 0 Å². The molecule has 0 amide bonds. The fourth-order valence-electron chi connectivity index (χ4n) is 4.15. The molecule has 0 aromatic rings. The standard InChI is InChI=1S/C15H22O3/c1-2-17-14(16)10-13-12-8-5-7-11-6-3-4-9-15(11,12)18-13/h10-12H,2-9H2,1H3/b13-10+/t11-,12-,15-/m1/s1. The van der Waals surface area contributed by atoms with Crippen LogP contribution in [0.1, 0.15) is 51.9 Å². The van der Waals surface area contributed by atoms with Crippen molar-refractivity contribution in [3.8, 4) is 0 Å². The SMILES string of the molecule is CCOC(=O)/C=C1/O[C@]23CCCC[C@@H]2CCC[C@H]13. The zero-order valence-electron chi connectivity index (χ0n) is 11.1. The lowest BCUT2D eigenvalue weighted by atomic mass is 9.58. The molecule has 3 heteroatoms. The Morgan fingerprint density at radius 3 is 3.06 bits per heavy atom. The van der Waals surface area contributed by atoms with Gasteiger partial charge in [0.05, 0.1) is 18.6 Å². The number of carbonyl (C=O) groups is 1. The maximum Gasteiger partial charge on any atom is 0.334 e. The van der Waals surface area contributed by atoms with Crippen molar-refractivity contribution in [2.45, 2.75) is 57.5 Å². The minimum Gasteiger partial charge on any atom is -0.490 e. The molecule has 3 fully saturated rings. The van der Waals surface area contributed by atoms with Crippen LogP contribution in [-0.4, -0.2) is 18.2 Å². The zero-order valence-corrected chi connectivity index (χ0v) is 11.1. The second-order valence-electron chi connectivity index (χ2n) is 5.78. The Kier molecular flexibility index (Phi) is 3.08. The molecule has 1 saturated heterocycles. The van der Waals surface area contributed by atoms with Gasteiger partial charge in [-0.1, -0.05) is 12.8 Å². The quantitative estimate of drug-likeness (QED) is 0.557. The number of hydrogen-bond acceptors (Lipinski definition) is 3. The lowest BCUT2D eigenvalue weighted by Gasteiger charge is -2.60. The first-order valence-corrected chi connectivity index (χ1v) is 7.33. The number of esters is 1. The predicted molar refractivity (Wildman–Crippen MR) is 67.8 cm³/mol.